The predicted molar refractivity (Wildman–Crippen MR) is 173 cm³/mol. The lowest BCUT2D eigenvalue weighted by atomic mass is 10.1. The van der Waals surface area contributed by atoms with Crippen molar-refractivity contribution in [2.45, 2.75) is 24.5 Å². The summed E-state index contributed by atoms with van der Waals surface area (Å²) in [7, 11) is 3.17. The van der Waals surface area contributed by atoms with Crippen LogP contribution in [-0.2, 0) is 22.6 Å². The van der Waals surface area contributed by atoms with Crippen molar-refractivity contribution in [3.63, 3.8) is 0 Å². The zero-order valence-corrected chi connectivity index (χ0v) is 25.8. The summed E-state index contributed by atoms with van der Waals surface area (Å²) >= 11 is 1.24. The van der Waals surface area contributed by atoms with Crippen molar-refractivity contribution in [2.24, 2.45) is 0 Å². The number of nitrogens with one attached hydrogen (secondary N) is 1. The minimum atomic E-state index is -0.222. The van der Waals surface area contributed by atoms with Crippen molar-refractivity contribution in [2.75, 3.05) is 57.6 Å². The molecule has 4 aromatic rings. The van der Waals surface area contributed by atoms with E-state index >= 15 is 0 Å². The first kappa shape index (κ1) is 30.9. The Labute approximate surface area is 261 Å². The number of carbonyl (C=O) groups is 2. The van der Waals surface area contributed by atoms with Crippen LogP contribution in [0.2, 0.25) is 0 Å². The first-order valence-electron chi connectivity index (χ1n) is 14.6. The van der Waals surface area contributed by atoms with E-state index in [4.69, 9.17) is 14.5 Å². The predicted octanol–water partition coefficient (Wildman–Crippen LogP) is 3.60. The molecule has 44 heavy (non-hydrogen) atoms. The second-order valence-corrected chi connectivity index (χ2v) is 11.3. The van der Waals surface area contributed by atoms with Crippen LogP contribution in [0.25, 0.3) is 10.9 Å². The van der Waals surface area contributed by atoms with E-state index in [2.05, 4.69) is 22.3 Å². The molecule has 0 unspecified atom stereocenters. The largest absolute Gasteiger partial charge is 0.493 e. The molecule has 0 atom stereocenters. The molecule has 0 spiro atoms. The number of piperazine rings is 1. The minimum Gasteiger partial charge on any atom is -0.493 e. The zero-order chi connectivity index (χ0) is 30.9. The molecule has 0 aliphatic carbocycles. The average molecular weight is 616 g/mol. The Bertz CT molecular complexity index is 1650. The molecule has 11 heteroatoms. The molecule has 0 radical (unpaired) electrons. The van der Waals surface area contributed by atoms with Crippen LogP contribution in [-0.4, -0.2) is 79.0 Å². The highest BCUT2D eigenvalue weighted by atomic mass is 32.2. The van der Waals surface area contributed by atoms with E-state index in [1.807, 2.05) is 47.4 Å². The van der Waals surface area contributed by atoms with Crippen molar-refractivity contribution >= 4 is 40.2 Å². The van der Waals surface area contributed by atoms with E-state index in [-0.39, 0.29) is 36.1 Å². The van der Waals surface area contributed by atoms with Gasteiger partial charge < -0.3 is 24.6 Å². The van der Waals surface area contributed by atoms with Crippen LogP contribution in [0, 0.1) is 0 Å². The molecule has 1 N–H and O–H groups in total. The third-order valence-electron chi connectivity index (χ3n) is 7.65. The standard InChI is InChI=1S/C33H37N5O5S/c1-42-28-13-12-24(22-29(28)43-2)14-16-34-30(39)15-17-38-32(41)26-10-6-7-11-27(26)35-33(38)44-23-31(40)37-20-18-36(19-21-37)25-8-4-3-5-9-25/h3-13,22H,14-21,23H2,1-2H3,(H,34,39). The summed E-state index contributed by atoms with van der Waals surface area (Å²) in [5.41, 5.74) is 2.51. The van der Waals surface area contributed by atoms with Gasteiger partial charge in [-0.3, -0.25) is 19.0 Å². The summed E-state index contributed by atoms with van der Waals surface area (Å²) in [4.78, 5) is 48.2. The van der Waals surface area contributed by atoms with Crippen LogP contribution < -0.4 is 25.2 Å². The number of rotatable bonds is 12. The first-order chi connectivity index (χ1) is 21.5. The SMILES string of the molecule is COc1ccc(CCNC(=O)CCn2c(SCC(=O)N3CCN(c4ccccc4)CC3)nc3ccccc3c2=O)cc1OC. The van der Waals surface area contributed by atoms with Crippen molar-refractivity contribution in [1.82, 2.24) is 19.8 Å². The van der Waals surface area contributed by atoms with Crippen LogP contribution in [0.15, 0.2) is 82.7 Å². The number of nitrogens with zero attached hydrogens (tertiary/aromatic N) is 4. The van der Waals surface area contributed by atoms with Crippen LogP contribution >= 0.6 is 11.8 Å². The third-order valence-corrected chi connectivity index (χ3v) is 8.61. The fourth-order valence-electron chi connectivity index (χ4n) is 5.21. The first-order valence-corrected chi connectivity index (χ1v) is 15.6. The highest BCUT2D eigenvalue weighted by Crippen LogP contribution is 2.27. The van der Waals surface area contributed by atoms with Crippen molar-refractivity contribution < 1.29 is 19.1 Å². The average Bonchev–Trinajstić information content (AvgIpc) is 3.07. The van der Waals surface area contributed by atoms with Gasteiger partial charge in [-0.05, 0) is 48.4 Å². The summed E-state index contributed by atoms with van der Waals surface area (Å²) in [6.45, 7) is 3.39. The molecule has 1 fully saturated rings. The lowest BCUT2D eigenvalue weighted by Gasteiger charge is -2.36. The normalized spacial score (nSPS) is 13.1. The Hall–Kier alpha value is -4.51. The van der Waals surface area contributed by atoms with E-state index in [1.165, 1.54) is 16.3 Å². The molecule has 0 saturated carbocycles. The third kappa shape index (κ3) is 7.52. The van der Waals surface area contributed by atoms with E-state index in [0.29, 0.717) is 53.6 Å². The van der Waals surface area contributed by atoms with Crippen LogP contribution in [0.1, 0.15) is 12.0 Å². The van der Waals surface area contributed by atoms with E-state index < -0.39 is 0 Å². The summed E-state index contributed by atoms with van der Waals surface area (Å²) in [6.07, 6.45) is 0.723. The molecular weight excluding hydrogens is 578 g/mol. The summed E-state index contributed by atoms with van der Waals surface area (Å²) in [6, 6.07) is 23.0. The number of para-hydroxylation sites is 2. The second-order valence-electron chi connectivity index (χ2n) is 10.4. The number of thioether (sulfide) groups is 1. The number of anilines is 1. The summed E-state index contributed by atoms with van der Waals surface area (Å²) < 4.78 is 12.2. The lowest BCUT2D eigenvalue weighted by Crippen LogP contribution is -2.49. The summed E-state index contributed by atoms with van der Waals surface area (Å²) in [5, 5.41) is 3.85. The monoisotopic (exact) mass is 615 g/mol. The van der Waals surface area contributed by atoms with E-state index in [1.54, 1.807) is 32.4 Å². The van der Waals surface area contributed by atoms with E-state index in [9.17, 15) is 14.4 Å². The lowest BCUT2D eigenvalue weighted by molar-refractivity contribution is -0.128. The summed E-state index contributed by atoms with van der Waals surface area (Å²) in [5.74, 6) is 1.28. The zero-order valence-electron chi connectivity index (χ0n) is 25.0. The Morgan fingerprint density at radius 3 is 2.39 bits per heavy atom. The Morgan fingerprint density at radius 1 is 0.909 bits per heavy atom. The second kappa shape index (κ2) is 14.8. The Balaban J connectivity index is 1.18. The van der Waals surface area contributed by atoms with Crippen molar-refractivity contribution in [1.29, 1.82) is 0 Å². The minimum absolute atomic E-state index is 0.00424. The quantitative estimate of drug-likeness (QED) is 0.190. The van der Waals surface area contributed by atoms with Gasteiger partial charge in [0.2, 0.25) is 11.8 Å². The molecule has 5 rings (SSSR count). The number of hydrogen-bond donors (Lipinski definition) is 1. The number of fused-ring (bicyclic) bond motifs is 1. The molecule has 230 valence electrons. The Kier molecular flexibility index (Phi) is 10.4. The van der Waals surface area contributed by atoms with Gasteiger partial charge >= 0.3 is 0 Å². The van der Waals surface area contributed by atoms with Crippen LogP contribution in [0.5, 0.6) is 11.5 Å². The van der Waals surface area contributed by atoms with Gasteiger partial charge in [0.05, 0.1) is 30.9 Å². The number of benzene rings is 3. The molecule has 1 aliphatic heterocycles. The van der Waals surface area contributed by atoms with Gasteiger partial charge in [0.25, 0.3) is 5.56 Å². The maximum atomic E-state index is 13.4. The number of carbonyl (C=O) groups excluding carboxylic acids is 2. The fourth-order valence-corrected chi connectivity index (χ4v) is 6.14. The number of ether oxygens (including phenoxy) is 2. The molecule has 10 nitrogen and oxygen atoms in total. The smallest absolute Gasteiger partial charge is 0.262 e. The fraction of sp³-hybridized carbons (Fsp3) is 0.333. The van der Waals surface area contributed by atoms with Gasteiger partial charge in [0, 0.05) is 51.4 Å². The van der Waals surface area contributed by atoms with Gasteiger partial charge in [0.15, 0.2) is 16.7 Å². The van der Waals surface area contributed by atoms with Crippen LogP contribution in [0.4, 0.5) is 5.69 Å². The van der Waals surface area contributed by atoms with Gasteiger partial charge in [-0.25, -0.2) is 4.98 Å². The van der Waals surface area contributed by atoms with Gasteiger partial charge in [-0.15, -0.1) is 0 Å². The number of amides is 2. The van der Waals surface area contributed by atoms with Gasteiger partial charge in [0.1, 0.15) is 0 Å². The molecule has 2 amide bonds. The molecule has 2 heterocycles. The molecule has 1 aliphatic rings. The highest BCUT2D eigenvalue weighted by molar-refractivity contribution is 7.99. The number of aromatic nitrogens is 2. The molecule has 1 saturated heterocycles. The topological polar surface area (TPSA) is 106 Å². The van der Waals surface area contributed by atoms with Crippen molar-refractivity contribution in [3.05, 3.63) is 88.7 Å². The maximum Gasteiger partial charge on any atom is 0.262 e. The number of hydrogen-bond acceptors (Lipinski definition) is 8. The molecule has 3 aromatic carbocycles. The number of methoxy groups -OCH3 is 2. The van der Waals surface area contributed by atoms with Crippen molar-refractivity contribution in [3.8, 4) is 11.5 Å². The van der Waals surface area contributed by atoms with E-state index in [0.717, 1.165) is 24.3 Å². The molecule has 1 aromatic heterocycles. The maximum absolute atomic E-state index is 13.4. The van der Waals surface area contributed by atoms with Gasteiger partial charge in [-0.1, -0.05) is 48.2 Å². The molecule has 0 bridgehead atoms. The van der Waals surface area contributed by atoms with Crippen LogP contribution in [0.3, 0.4) is 0 Å². The molecular formula is C33H37N5O5S. The van der Waals surface area contributed by atoms with Gasteiger partial charge in [-0.2, -0.15) is 0 Å². The Morgan fingerprint density at radius 2 is 1.64 bits per heavy atom. The highest BCUT2D eigenvalue weighted by Gasteiger charge is 2.22.